The van der Waals surface area contributed by atoms with Crippen molar-refractivity contribution in [2.45, 2.75) is 103 Å². The third-order valence-electron chi connectivity index (χ3n) is 21.5. The molecule has 12 aromatic rings. The highest BCUT2D eigenvalue weighted by molar-refractivity contribution is 5.88. The second-order valence-corrected chi connectivity index (χ2v) is 28.6. The summed E-state index contributed by atoms with van der Waals surface area (Å²) in [4.78, 5) is 0. The number of rotatable bonds is 4. The highest BCUT2D eigenvalue weighted by Gasteiger charge is 2.39. The molecule has 0 saturated carbocycles. The van der Waals surface area contributed by atoms with Crippen LogP contribution in [0.3, 0.4) is 0 Å². The number of hydrogen-bond acceptors (Lipinski definition) is 0. The van der Waals surface area contributed by atoms with Gasteiger partial charge >= 0.3 is 0 Å². The van der Waals surface area contributed by atoms with Gasteiger partial charge in [0, 0.05) is 21.7 Å². The Balaban J connectivity index is 0.851. The quantitative estimate of drug-likeness (QED) is 0.165. The van der Waals surface area contributed by atoms with E-state index in [-0.39, 0.29) is 21.7 Å². The van der Waals surface area contributed by atoms with Crippen LogP contribution in [0.4, 0.5) is 0 Å². The maximum atomic E-state index is 2.52. The summed E-state index contributed by atoms with van der Waals surface area (Å²) in [5, 5.41) is 0. The zero-order valence-corrected chi connectivity index (χ0v) is 51.9. The summed E-state index contributed by atoms with van der Waals surface area (Å²) in [6.45, 7) is 19.2. The molecule has 0 aromatic heterocycles. The Bertz CT molecular complexity index is 4770. The van der Waals surface area contributed by atoms with Gasteiger partial charge in [-0.25, -0.2) is 0 Å². The van der Waals surface area contributed by atoms with Crippen LogP contribution in [0.5, 0.6) is 0 Å². The van der Waals surface area contributed by atoms with Crippen molar-refractivity contribution in [3.63, 3.8) is 0 Å². The van der Waals surface area contributed by atoms with Gasteiger partial charge in [0.25, 0.3) is 0 Å². The van der Waals surface area contributed by atoms with Crippen molar-refractivity contribution in [2.75, 3.05) is 0 Å². The van der Waals surface area contributed by atoms with Gasteiger partial charge in [-0.05, 0) is 228 Å². The minimum absolute atomic E-state index is 0.0590. The molecule has 424 valence electrons. The van der Waals surface area contributed by atoms with Gasteiger partial charge in [0.1, 0.15) is 0 Å². The van der Waals surface area contributed by atoms with Gasteiger partial charge in [0.05, 0.1) is 0 Å². The standard InChI is InChI=1S/C88H72/c1-85(2)80-24-16-12-20-72(80)76-49-61(28-32-81(76)85)65-41-53-33-54(42-65)35-56-37-58(46-67(44-56)63-26-30-74-70-18-10-14-22-78(70)87(5,6)83(74)51-63)39-60-40-59(47-68(48-60)64-27-31-75-71-19-11-15-23-79(71)88(7,8)84(75)52-64)38-57-36-55(34-53)43-66(45-57)62-25-29-73-69-17-9-13-21-77(69)86(3,4)82(73)50-62/h9-33,36-37,40-52H,34-35,38-39H2,1-8H3. The third-order valence-corrected chi connectivity index (χ3v) is 21.5. The third kappa shape index (κ3) is 8.24. The van der Waals surface area contributed by atoms with Crippen LogP contribution in [-0.2, 0) is 47.3 Å². The molecule has 0 heteroatoms. The lowest BCUT2D eigenvalue weighted by atomic mass is 9.81. The molecule has 12 aromatic carbocycles. The van der Waals surface area contributed by atoms with Gasteiger partial charge in [-0.3, -0.25) is 0 Å². The van der Waals surface area contributed by atoms with Crippen LogP contribution >= 0.6 is 0 Å². The van der Waals surface area contributed by atoms with E-state index in [2.05, 4.69) is 298 Å². The fourth-order valence-electron chi connectivity index (χ4n) is 17.0. The molecule has 0 atom stereocenters. The van der Waals surface area contributed by atoms with E-state index < -0.39 is 0 Å². The molecule has 0 radical (unpaired) electrons. The van der Waals surface area contributed by atoms with E-state index >= 15 is 0 Å². The van der Waals surface area contributed by atoms with Crippen molar-refractivity contribution < 1.29 is 0 Å². The van der Waals surface area contributed by atoms with Crippen molar-refractivity contribution in [3.8, 4) is 89.0 Å². The molecule has 0 saturated heterocycles. The first-order chi connectivity index (χ1) is 42.5. The lowest BCUT2D eigenvalue weighted by Gasteiger charge is -2.22. The molecule has 0 N–H and O–H groups in total. The maximum absolute atomic E-state index is 2.52. The molecule has 5 aliphatic rings. The van der Waals surface area contributed by atoms with Gasteiger partial charge in [-0.15, -0.1) is 0 Å². The summed E-state index contributed by atoms with van der Waals surface area (Å²) in [6.07, 6.45) is 3.23. The summed E-state index contributed by atoms with van der Waals surface area (Å²) >= 11 is 0. The molecular formula is C88H72. The molecule has 0 aliphatic heterocycles. The molecule has 8 bridgehead atoms. The first kappa shape index (κ1) is 52.9. The maximum Gasteiger partial charge on any atom is 0.0159 e. The summed E-state index contributed by atoms with van der Waals surface area (Å²) in [6, 6.07) is 95.4. The smallest absolute Gasteiger partial charge is 0.0159 e. The predicted molar refractivity (Wildman–Crippen MR) is 369 cm³/mol. The monoisotopic (exact) mass is 1130 g/mol. The Morgan fingerprint density at radius 1 is 0.170 bits per heavy atom. The fourth-order valence-corrected chi connectivity index (χ4v) is 17.0. The van der Waals surface area contributed by atoms with Gasteiger partial charge < -0.3 is 0 Å². The molecule has 0 spiro atoms. The van der Waals surface area contributed by atoms with E-state index in [1.54, 1.807) is 0 Å². The molecule has 17 rings (SSSR count). The second-order valence-electron chi connectivity index (χ2n) is 28.6. The summed E-state index contributed by atoms with van der Waals surface area (Å²) < 4.78 is 0. The zero-order valence-electron chi connectivity index (χ0n) is 51.9. The second kappa shape index (κ2) is 19.1. The Morgan fingerprint density at radius 2 is 0.386 bits per heavy atom. The Morgan fingerprint density at radius 3 is 0.682 bits per heavy atom. The summed E-state index contributed by atoms with van der Waals surface area (Å²) in [5.41, 5.74) is 42.6. The van der Waals surface area contributed by atoms with E-state index in [1.165, 1.54) is 178 Å². The average Bonchev–Trinajstić information content (AvgIpc) is 1.91. The lowest BCUT2D eigenvalue weighted by Crippen LogP contribution is -2.14. The lowest BCUT2D eigenvalue weighted by molar-refractivity contribution is 0.660. The molecule has 88 heavy (non-hydrogen) atoms. The van der Waals surface area contributed by atoms with Crippen LogP contribution in [0.25, 0.3) is 89.0 Å². The molecular weight excluding hydrogens is 1060 g/mol. The average molecular weight is 1130 g/mol. The van der Waals surface area contributed by atoms with E-state index in [9.17, 15) is 0 Å². The number of hydrogen-bond donors (Lipinski definition) is 0. The molecule has 0 heterocycles. The minimum atomic E-state index is -0.101. The van der Waals surface area contributed by atoms with Crippen LogP contribution < -0.4 is 0 Å². The molecule has 0 amide bonds. The summed E-state index contributed by atoms with van der Waals surface area (Å²) in [5.74, 6) is 0. The van der Waals surface area contributed by atoms with Crippen LogP contribution in [-0.4, -0.2) is 0 Å². The van der Waals surface area contributed by atoms with Crippen LogP contribution in [0, 0.1) is 0 Å². The van der Waals surface area contributed by atoms with Crippen molar-refractivity contribution in [1.82, 2.24) is 0 Å². The van der Waals surface area contributed by atoms with Crippen LogP contribution in [0.1, 0.15) is 144 Å². The fraction of sp³-hybridized carbons (Fsp3) is 0.182. The molecule has 0 unspecified atom stereocenters. The summed E-state index contributed by atoms with van der Waals surface area (Å²) in [7, 11) is 0. The Hall–Kier alpha value is -9.36. The van der Waals surface area contributed by atoms with E-state index in [4.69, 9.17) is 0 Å². The molecule has 5 aliphatic carbocycles. The zero-order chi connectivity index (χ0) is 59.6. The van der Waals surface area contributed by atoms with Gasteiger partial charge in [-0.1, -0.05) is 274 Å². The Labute approximate surface area is 520 Å². The highest BCUT2D eigenvalue weighted by atomic mass is 14.4. The van der Waals surface area contributed by atoms with E-state index in [0.717, 1.165) is 25.7 Å². The van der Waals surface area contributed by atoms with Gasteiger partial charge in [0.15, 0.2) is 0 Å². The largest absolute Gasteiger partial charge is 0.0619 e. The highest BCUT2D eigenvalue weighted by Crippen LogP contribution is 2.54. The topological polar surface area (TPSA) is 0 Å². The van der Waals surface area contributed by atoms with E-state index in [0.29, 0.717) is 0 Å². The van der Waals surface area contributed by atoms with Gasteiger partial charge in [0.2, 0.25) is 0 Å². The van der Waals surface area contributed by atoms with Crippen molar-refractivity contribution >= 4 is 0 Å². The normalized spacial score (nSPS) is 15.9. The van der Waals surface area contributed by atoms with E-state index in [1.807, 2.05) is 0 Å². The van der Waals surface area contributed by atoms with Crippen molar-refractivity contribution in [2.24, 2.45) is 0 Å². The van der Waals surface area contributed by atoms with Crippen LogP contribution in [0.2, 0.25) is 0 Å². The minimum Gasteiger partial charge on any atom is -0.0619 e. The first-order valence-electron chi connectivity index (χ1n) is 32.0. The first-order valence-corrected chi connectivity index (χ1v) is 32.0. The van der Waals surface area contributed by atoms with Crippen molar-refractivity contribution in [1.29, 1.82) is 0 Å². The van der Waals surface area contributed by atoms with Gasteiger partial charge in [-0.2, -0.15) is 0 Å². The predicted octanol–water partition coefficient (Wildman–Crippen LogP) is 22.3. The number of benzene rings is 12. The van der Waals surface area contributed by atoms with Crippen molar-refractivity contribution in [3.05, 3.63) is 332 Å². The van der Waals surface area contributed by atoms with Crippen LogP contribution in [0.15, 0.2) is 243 Å². The Kier molecular flexibility index (Phi) is 11.5. The molecule has 0 fully saturated rings. The SMILES string of the molecule is CC1(C)c2ccccc2-c2cc(-c3cc4cc(c3)Cc3cc(cc(-c5ccc6c(c5)C(C)(C)c5ccccc5-6)c3)Cc3cc(cc(-c5ccc6c(c5)C(C)(C)c5ccccc5-6)c3)Cc3cc(cc(-c5ccc6c(c5)C(C)(C)c5ccccc5-6)c3)C4)ccc21. The molecule has 0 nitrogen and oxygen atoms in total. The number of fused-ring (bicyclic) bond motifs is 20.